The quantitative estimate of drug-likeness (QED) is 0.794. The lowest BCUT2D eigenvalue weighted by atomic mass is 9.94. The molecule has 0 aromatic rings. The number of rotatable bonds is 3. The number of nitrogens with one attached hydrogen (secondary N) is 1. The predicted octanol–water partition coefficient (Wildman–Crippen LogP) is 0.840. The van der Waals surface area contributed by atoms with Crippen molar-refractivity contribution in [3.63, 3.8) is 0 Å². The van der Waals surface area contributed by atoms with Crippen LogP contribution in [0.1, 0.15) is 38.5 Å². The zero-order valence-electron chi connectivity index (χ0n) is 11.2. The normalized spacial score (nSPS) is 38.3. The fourth-order valence-electron chi connectivity index (χ4n) is 4.11. The van der Waals surface area contributed by atoms with Gasteiger partial charge in [0.1, 0.15) is 0 Å². The van der Waals surface area contributed by atoms with E-state index in [0.717, 1.165) is 38.8 Å². The molecular weight excluding hydrogens is 244 g/mol. The molecule has 3 aliphatic rings. The number of hydrogen-bond donors (Lipinski definition) is 2. The van der Waals surface area contributed by atoms with Gasteiger partial charge in [-0.15, -0.1) is 0 Å². The molecule has 19 heavy (non-hydrogen) atoms. The summed E-state index contributed by atoms with van der Waals surface area (Å²) in [4.78, 5) is 25.9. The highest BCUT2D eigenvalue weighted by Gasteiger charge is 2.42. The van der Waals surface area contributed by atoms with Crippen molar-refractivity contribution in [3.05, 3.63) is 0 Å². The minimum atomic E-state index is -0.813. The molecule has 0 bridgehead atoms. The smallest absolute Gasteiger partial charge is 0.307 e. The van der Waals surface area contributed by atoms with Crippen molar-refractivity contribution in [2.24, 2.45) is 11.8 Å². The van der Waals surface area contributed by atoms with E-state index in [2.05, 4.69) is 10.2 Å². The summed E-state index contributed by atoms with van der Waals surface area (Å²) in [7, 11) is 0. The molecule has 3 rings (SSSR count). The van der Waals surface area contributed by atoms with E-state index in [1.807, 2.05) is 0 Å². The molecule has 2 saturated heterocycles. The van der Waals surface area contributed by atoms with Crippen LogP contribution in [-0.2, 0) is 9.59 Å². The first-order chi connectivity index (χ1) is 9.16. The lowest BCUT2D eigenvalue weighted by molar-refractivity contribution is -0.146. The summed E-state index contributed by atoms with van der Waals surface area (Å²) in [6.07, 6.45) is 5.63. The summed E-state index contributed by atoms with van der Waals surface area (Å²) in [5, 5.41) is 12.3. The molecule has 2 heterocycles. The molecule has 106 valence electrons. The van der Waals surface area contributed by atoms with Gasteiger partial charge in [0.15, 0.2) is 0 Å². The first kappa shape index (κ1) is 12.9. The molecule has 4 unspecified atom stereocenters. The van der Waals surface area contributed by atoms with Gasteiger partial charge < -0.3 is 10.4 Å². The fraction of sp³-hybridized carbons (Fsp3) is 0.857. The third-order valence-electron chi connectivity index (χ3n) is 5.10. The van der Waals surface area contributed by atoms with Crippen LogP contribution in [0.15, 0.2) is 0 Å². The van der Waals surface area contributed by atoms with Gasteiger partial charge in [0.2, 0.25) is 5.91 Å². The first-order valence-electron chi connectivity index (χ1n) is 7.44. The second kappa shape index (κ2) is 5.12. The molecule has 1 amide bonds. The Kier molecular flexibility index (Phi) is 3.48. The average molecular weight is 266 g/mol. The van der Waals surface area contributed by atoms with E-state index in [1.165, 1.54) is 6.42 Å². The Hall–Kier alpha value is -1.10. The summed E-state index contributed by atoms with van der Waals surface area (Å²) in [5.41, 5.74) is 0. The van der Waals surface area contributed by atoms with Crippen molar-refractivity contribution < 1.29 is 14.7 Å². The molecule has 4 atom stereocenters. The molecular formula is C14H22N2O3. The van der Waals surface area contributed by atoms with Gasteiger partial charge in [-0.1, -0.05) is 6.42 Å². The second-order valence-corrected chi connectivity index (χ2v) is 6.13. The number of carbonyl (C=O) groups is 2. The number of aliphatic carboxylic acids is 1. The summed E-state index contributed by atoms with van der Waals surface area (Å²) < 4.78 is 0. The highest BCUT2D eigenvalue weighted by molar-refractivity contribution is 5.85. The van der Waals surface area contributed by atoms with Crippen molar-refractivity contribution in [2.45, 2.75) is 50.6 Å². The molecule has 2 N–H and O–H groups in total. The molecule has 5 heteroatoms. The van der Waals surface area contributed by atoms with Gasteiger partial charge in [0, 0.05) is 18.6 Å². The number of amides is 1. The Morgan fingerprint density at radius 3 is 2.58 bits per heavy atom. The Bertz CT molecular complexity index is 385. The standard InChI is InChI=1S/C14H22N2O3/c17-13(9-3-1-4-10(9)14(18)19)15-11-6-8-16-7-2-5-12(11)16/h9-12H,1-8H2,(H,15,17)(H,18,19). The fourth-order valence-corrected chi connectivity index (χ4v) is 4.11. The highest BCUT2D eigenvalue weighted by atomic mass is 16.4. The van der Waals surface area contributed by atoms with E-state index in [4.69, 9.17) is 5.11 Å². The van der Waals surface area contributed by atoms with Crippen LogP contribution >= 0.6 is 0 Å². The van der Waals surface area contributed by atoms with Gasteiger partial charge in [-0.05, 0) is 38.6 Å². The molecule has 1 aliphatic carbocycles. The van der Waals surface area contributed by atoms with E-state index in [-0.39, 0.29) is 17.9 Å². The number of nitrogens with zero attached hydrogens (tertiary/aromatic N) is 1. The van der Waals surface area contributed by atoms with Crippen LogP contribution < -0.4 is 5.32 Å². The number of carboxylic acid groups (broad SMARTS) is 1. The topological polar surface area (TPSA) is 69.6 Å². The third-order valence-corrected chi connectivity index (χ3v) is 5.10. The van der Waals surface area contributed by atoms with Crippen LogP contribution in [0, 0.1) is 11.8 Å². The van der Waals surface area contributed by atoms with E-state index in [1.54, 1.807) is 0 Å². The zero-order chi connectivity index (χ0) is 13.4. The number of carbonyl (C=O) groups excluding carboxylic acids is 1. The molecule has 0 radical (unpaired) electrons. The van der Waals surface area contributed by atoms with E-state index in [0.29, 0.717) is 12.5 Å². The van der Waals surface area contributed by atoms with Crippen molar-refractivity contribution in [1.82, 2.24) is 10.2 Å². The predicted molar refractivity (Wildman–Crippen MR) is 69.6 cm³/mol. The van der Waals surface area contributed by atoms with Gasteiger partial charge in [-0.2, -0.15) is 0 Å². The van der Waals surface area contributed by atoms with Gasteiger partial charge in [-0.3, -0.25) is 14.5 Å². The van der Waals surface area contributed by atoms with Crippen LogP contribution in [-0.4, -0.2) is 47.1 Å². The Morgan fingerprint density at radius 2 is 1.79 bits per heavy atom. The van der Waals surface area contributed by atoms with Crippen molar-refractivity contribution in [3.8, 4) is 0 Å². The maximum absolute atomic E-state index is 12.3. The SMILES string of the molecule is O=C(O)C1CCCC1C(=O)NC1CCN2CCCC12. The average Bonchev–Trinajstić information content (AvgIpc) is 3.04. The van der Waals surface area contributed by atoms with Crippen LogP contribution in [0.2, 0.25) is 0 Å². The number of hydrogen-bond acceptors (Lipinski definition) is 3. The Labute approximate surface area is 113 Å². The van der Waals surface area contributed by atoms with Crippen LogP contribution in [0.4, 0.5) is 0 Å². The van der Waals surface area contributed by atoms with Crippen LogP contribution in [0.25, 0.3) is 0 Å². The van der Waals surface area contributed by atoms with Gasteiger partial charge >= 0.3 is 5.97 Å². The molecule has 0 aromatic heterocycles. The van der Waals surface area contributed by atoms with Crippen molar-refractivity contribution in [1.29, 1.82) is 0 Å². The van der Waals surface area contributed by atoms with Crippen LogP contribution in [0.3, 0.4) is 0 Å². The molecule has 0 aromatic carbocycles. The summed E-state index contributed by atoms with van der Waals surface area (Å²) >= 11 is 0. The Morgan fingerprint density at radius 1 is 1.00 bits per heavy atom. The minimum absolute atomic E-state index is 0.0244. The molecule has 2 aliphatic heterocycles. The zero-order valence-corrected chi connectivity index (χ0v) is 11.2. The largest absolute Gasteiger partial charge is 0.481 e. The van der Waals surface area contributed by atoms with E-state index >= 15 is 0 Å². The van der Waals surface area contributed by atoms with Gasteiger partial charge in [-0.25, -0.2) is 0 Å². The summed E-state index contributed by atoms with van der Waals surface area (Å²) in [6, 6.07) is 0.735. The molecule has 5 nitrogen and oxygen atoms in total. The summed E-state index contributed by atoms with van der Waals surface area (Å²) in [5.74, 6) is -1.62. The van der Waals surface area contributed by atoms with Gasteiger partial charge in [0.05, 0.1) is 11.8 Å². The van der Waals surface area contributed by atoms with Crippen molar-refractivity contribution in [2.75, 3.05) is 13.1 Å². The monoisotopic (exact) mass is 266 g/mol. The number of fused-ring (bicyclic) bond motifs is 1. The van der Waals surface area contributed by atoms with E-state index < -0.39 is 11.9 Å². The summed E-state index contributed by atoms with van der Waals surface area (Å²) in [6.45, 7) is 2.22. The lowest BCUT2D eigenvalue weighted by Crippen LogP contribution is -2.46. The molecule has 1 saturated carbocycles. The third kappa shape index (κ3) is 2.36. The highest BCUT2D eigenvalue weighted by Crippen LogP contribution is 2.33. The Balaban J connectivity index is 1.60. The van der Waals surface area contributed by atoms with E-state index in [9.17, 15) is 9.59 Å². The maximum atomic E-state index is 12.3. The van der Waals surface area contributed by atoms with Gasteiger partial charge in [0.25, 0.3) is 0 Å². The minimum Gasteiger partial charge on any atom is -0.481 e. The molecule has 0 spiro atoms. The molecule has 3 fully saturated rings. The maximum Gasteiger partial charge on any atom is 0.307 e. The van der Waals surface area contributed by atoms with Crippen molar-refractivity contribution >= 4 is 11.9 Å². The second-order valence-electron chi connectivity index (χ2n) is 6.13. The van der Waals surface area contributed by atoms with Crippen LogP contribution in [0.5, 0.6) is 0 Å². The lowest BCUT2D eigenvalue weighted by Gasteiger charge is -2.24. The number of carboxylic acids is 1. The first-order valence-corrected chi connectivity index (χ1v) is 7.44.